The van der Waals surface area contributed by atoms with Crippen LogP contribution in [0.1, 0.15) is 20.7 Å². The Morgan fingerprint density at radius 3 is 2.04 bits per heavy atom. The molecule has 0 spiro atoms. The number of ether oxygens (including phenoxy) is 2. The highest BCUT2D eigenvalue weighted by Gasteiger charge is 2.48. The van der Waals surface area contributed by atoms with Crippen LogP contribution in [0.25, 0.3) is 0 Å². The smallest absolute Gasteiger partial charge is 0.314 e. The van der Waals surface area contributed by atoms with E-state index in [2.05, 4.69) is 0 Å². The standard InChI is InChI=1S/C17H14O6S/c1-22-16(20)10-7-24-15(11(10)17(21)23-2)12-13(18)8-5-3-4-6-9(8)14(12)19/h3-6,10-11H,7H2,1-2H3/t10-,11-/m0/s1. The first-order chi connectivity index (χ1) is 11.5. The summed E-state index contributed by atoms with van der Waals surface area (Å²) in [5, 5.41) is 0. The lowest BCUT2D eigenvalue weighted by Crippen LogP contribution is -2.30. The van der Waals surface area contributed by atoms with Gasteiger partial charge in [-0.15, -0.1) is 11.8 Å². The van der Waals surface area contributed by atoms with Crippen molar-refractivity contribution < 1.29 is 28.7 Å². The molecule has 1 aliphatic carbocycles. The van der Waals surface area contributed by atoms with Gasteiger partial charge in [-0.3, -0.25) is 19.2 Å². The molecule has 124 valence electrons. The Labute approximate surface area is 142 Å². The van der Waals surface area contributed by atoms with Crippen LogP contribution in [0.5, 0.6) is 0 Å². The van der Waals surface area contributed by atoms with Gasteiger partial charge >= 0.3 is 11.9 Å². The minimum Gasteiger partial charge on any atom is -0.469 e. The van der Waals surface area contributed by atoms with Crippen molar-refractivity contribution in [1.29, 1.82) is 0 Å². The number of allylic oxidation sites excluding steroid dienone is 1. The topological polar surface area (TPSA) is 86.7 Å². The number of methoxy groups -OCH3 is 2. The average Bonchev–Trinajstić information content (AvgIpc) is 3.14. The zero-order valence-electron chi connectivity index (χ0n) is 13.0. The number of carbonyl (C=O) groups is 4. The Bertz CT molecular complexity index is 757. The molecule has 0 radical (unpaired) electrons. The molecule has 1 heterocycles. The molecule has 0 saturated carbocycles. The minimum atomic E-state index is -0.996. The number of hydrogen-bond donors (Lipinski definition) is 0. The van der Waals surface area contributed by atoms with Crippen molar-refractivity contribution in [1.82, 2.24) is 0 Å². The molecular weight excluding hydrogens is 332 g/mol. The Morgan fingerprint density at radius 1 is 1.00 bits per heavy atom. The van der Waals surface area contributed by atoms with E-state index in [1.165, 1.54) is 14.2 Å². The highest BCUT2D eigenvalue weighted by molar-refractivity contribution is 8.03. The van der Waals surface area contributed by atoms with Crippen molar-refractivity contribution in [2.24, 2.45) is 11.8 Å². The van der Waals surface area contributed by atoms with Crippen molar-refractivity contribution in [3.8, 4) is 0 Å². The Morgan fingerprint density at radius 2 is 1.54 bits per heavy atom. The van der Waals surface area contributed by atoms with Gasteiger partial charge < -0.3 is 9.47 Å². The van der Waals surface area contributed by atoms with E-state index in [4.69, 9.17) is 9.47 Å². The van der Waals surface area contributed by atoms with Crippen LogP contribution in [0, 0.1) is 11.8 Å². The van der Waals surface area contributed by atoms with Gasteiger partial charge in [0.2, 0.25) is 0 Å². The maximum atomic E-state index is 12.6. The quantitative estimate of drug-likeness (QED) is 0.457. The van der Waals surface area contributed by atoms with Crippen LogP contribution < -0.4 is 0 Å². The van der Waals surface area contributed by atoms with Crippen LogP contribution in [-0.4, -0.2) is 43.5 Å². The molecule has 0 unspecified atom stereocenters. The van der Waals surface area contributed by atoms with Crippen LogP contribution in [-0.2, 0) is 19.1 Å². The van der Waals surface area contributed by atoms with Crippen molar-refractivity contribution in [2.45, 2.75) is 0 Å². The van der Waals surface area contributed by atoms with E-state index in [-0.39, 0.29) is 11.3 Å². The van der Waals surface area contributed by atoms with Gasteiger partial charge in [0.25, 0.3) is 0 Å². The maximum Gasteiger partial charge on any atom is 0.314 e. The number of hydrogen-bond acceptors (Lipinski definition) is 7. The molecule has 2 atom stereocenters. The molecule has 0 aromatic heterocycles. The number of benzene rings is 1. The second-order valence-corrected chi connectivity index (χ2v) is 6.45. The first-order valence-corrected chi connectivity index (χ1v) is 8.20. The highest BCUT2D eigenvalue weighted by atomic mass is 32.2. The van der Waals surface area contributed by atoms with E-state index in [0.717, 1.165) is 11.8 Å². The zero-order chi connectivity index (χ0) is 17.4. The summed E-state index contributed by atoms with van der Waals surface area (Å²) in [6, 6.07) is 6.50. The van der Waals surface area contributed by atoms with Gasteiger partial charge in [0.15, 0.2) is 11.6 Å². The summed E-state index contributed by atoms with van der Waals surface area (Å²) < 4.78 is 9.51. The third-order valence-electron chi connectivity index (χ3n) is 4.18. The van der Waals surface area contributed by atoms with Crippen molar-refractivity contribution in [2.75, 3.05) is 20.0 Å². The maximum absolute atomic E-state index is 12.6. The molecule has 1 aromatic rings. The number of fused-ring (bicyclic) bond motifs is 1. The van der Waals surface area contributed by atoms with Gasteiger partial charge in [0.1, 0.15) is 5.92 Å². The number of Topliss-reactive ketones (excluding diaryl/α,β-unsaturated/α-hetero) is 2. The molecule has 6 nitrogen and oxygen atoms in total. The van der Waals surface area contributed by atoms with Gasteiger partial charge in [-0.25, -0.2) is 0 Å². The number of esters is 2. The first-order valence-electron chi connectivity index (χ1n) is 7.22. The molecule has 1 saturated heterocycles. The Balaban J connectivity index is 2.12. The molecular formula is C17H14O6S. The molecule has 24 heavy (non-hydrogen) atoms. The Kier molecular flexibility index (Phi) is 4.28. The predicted octanol–water partition coefficient (Wildman–Crippen LogP) is 1.64. The second-order valence-electron chi connectivity index (χ2n) is 5.38. The van der Waals surface area contributed by atoms with Crippen LogP contribution in [0.15, 0.2) is 34.7 Å². The summed E-state index contributed by atoms with van der Waals surface area (Å²) in [4.78, 5) is 49.7. The lowest BCUT2D eigenvalue weighted by atomic mass is 9.90. The van der Waals surface area contributed by atoms with E-state index in [9.17, 15) is 19.2 Å². The summed E-state index contributed by atoms with van der Waals surface area (Å²) in [6.45, 7) is 0. The molecule has 3 rings (SSSR count). The Hall–Kier alpha value is -2.41. The fourth-order valence-electron chi connectivity index (χ4n) is 3.01. The molecule has 1 aromatic carbocycles. The van der Waals surface area contributed by atoms with Crippen molar-refractivity contribution >= 4 is 35.3 Å². The SMILES string of the molecule is COC(=O)[C@@H]1C(=C2C(=O)c3ccccc3C2=O)SC[C@@H]1C(=O)OC. The zero-order valence-corrected chi connectivity index (χ0v) is 13.8. The normalized spacial score (nSPS) is 22.6. The summed E-state index contributed by atoms with van der Waals surface area (Å²) >= 11 is 1.16. The molecule has 1 fully saturated rings. The van der Waals surface area contributed by atoms with Gasteiger partial charge in [-0.05, 0) is 0 Å². The predicted molar refractivity (Wildman–Crippen MR) is 85.6 cm³/mol. The van der Waals surface area contributed by atoms with E-state index >= 15 is 0 Å². The van der Waals surface area contributed by atoms with Crippen LogP contribution in [0.2, 0.25) is 0 Å². The molecule has 2 aliphatic rings. The highest BCUT2D eigenvalue weighted by Crippen LogP contribution is 2.46. The number of carbonyl (C=O) groups excluding carboxylic acids is 4. The summed E-state index contributed by atoms with van der Waals surface area (Å²) in [6.07, 6.45) is 0. The third-order valence-corrected chi connectivity index (χ3v) is 5.47. The molecule has 1 aliphatic heterocycles. The lowest BCUT2D eigenvalue weighted by molar-refractivity contribution is -0.154. The summed E-state index contributed by atoms with van der Waals surface area (Å²) in [5.41, 5.74) is 0.592. The van der Waals surface area contributed by atoms with Crippen molar-refractivity contribution in [3.63, 3.8) is 0 Å². The minimum absolute atomic E-state index is 0.0389. The number of thioether (sulfide) groups is 1. The van der Waals surface area contributed by atoms with E-state index < -0.39 is 35.3 Å². The van der Waals surface area contributed by atoms with Gasteiger partial charge in [-0.2, -0.15) is 0 Å². The van der Waals surface area contributed by atoms with E-state index in [1.54, 1.807) is 24.3 Å². The van der Waals surface area contributed by atoms with Gasteiger partial charge in [0, 0.05) is 21.8 Å². The third kappa shape index (κ3) is 2.36. The number of ketones is 2. The first kappa shape index (κ1) is 16.4. The number of rotatable bonds is 2. The molecule has 0 bridgehead atoms. The van der Waals surface area contributed by atoms with Crippen molar-refractivity contribution in [3.05, 3.63) is 45.9 Å². The van der Waals surface area contributed by atoms with Crippen LogP contribution in [0.3, 0.4) is 0 Å². The monoisotopic (exact) mass is 346 g/mol. The van der Waals surface area contributed by atoms with Gasteiger partial charge in [0.05, 0.1) is 25.7 Å². The lowest BCUT2D eigenvalue weighted by Gasteiger charge is -2.16. The fourth-order valence-corrected chi connectivity index (χ4v) is 4.46. The van der Waals surface area contributed by atoms with E-state index in [1.807, 2.05) is 0 Å². The molecule has 7 heteroatoms. The fraction of sp³-hybridized carbons (Fsp3) is 0.294. The van der Waals surface area contributed by atoms with Crippen LogP contribution in [0.4, 0.5) is 0 Å². The van der Waals surface area contributed by atoms with E-state index in [0.29, 0.717) is 16.0 Å². The molecule has 0 amide bonds. The average molecular weight is 346 g/mol. The second kappa shape index (κ2) is 6.24. The largest absolute Gasteiger partial charge is 0.469 e. The van der Waals surface area contributed by atoms with Crippen LogP contribution >= 0.6 is 11.8 Å². The summed E-state index contributed by atoms with van der Waals surface area (Å²) in [7, 11) is 2.43. The molecule has 0 N–H and O–H groups in total. The summed E-state index contributed by atoms with van der Waals surface area (Å²) in [5.74, 6) is -3.58. The van der Waals surface area contributed by atoms with Gasteiger partial charge in [-0.1, -0.05) is 24.3 Å².